The van der Waals surface area contributed by atoms with Gasteiger partial charge in [-0.3, -0.25) is 19.9 Å². The van der Waals surface area contributed by atoms with Crippen LogP contribution in [0.25, 0.3) is 198 Å². The zero-order chi connectivity index (χ0) is 88.0. The monoisotopic (exact) mass is 1670 g/mol. The van der Waals surface area contributed by atoms with Crippen molar-refractivity contribution in [2.75, 3.05) is 0 Å². The van der Waals surface area contributed by atoms with Crippen LogP contribution in [0.15, 0.2) is 353 Å². The summed E-state index contributed by atoms with van der Waals surface area (Å²) in [4.78, 5) is 23.3. The first-order chi connectivity index (χ1) is 62.4. The molecule has 0 unspecified atom stereocenters. The number of hydrogen-bond donors (Lipinski definition) is 0. The Morgan fingerprint density at radius 2 is 0.450 bits per heavy atom. The van der Waals surface area contributed by atoms with Crippen LogP contribution in [0.2, 0.25) is 0 Å². The molecule has 0 radical (unpaired) electrons. The summed E-state index contributed by atoms with van der Waals surface area (Å²) in [6.45, 7) is 25.1. The van der Waals surface area contributed by atoms with E-state index >= 15 is 0 Å². The second-order valence-electron chi connectivity index (χ2n) is 37.7. The Bertz CT molecular complexity index is 7770. The molecule has 0 N–H and O–H groups in total. The van der Waals surface area contributed by atoms with Crippen molar-refractivity contribution in [2.45, 2.75) is 117 Å². The van der Waals surface area contributed by atoms with Crippen molar-refractivity contribution >= 4 is 135 Å². The fourth-order valence-electron chi connectivity index (χ4n) is 19.2. The lowest BCUT2D eigenvalue weighted by atomic mass is 9.78. The van der Waals surface area contributed by atoms with Crippen LogP contribution >= 0.6 is 0 Å². The van der Waals surface area contributed by atoms with Crippen LogP contribution in [-0.2, 0) is 27.9 Å². The van der Waals surface area contributed by atoms with Crippen LogP contribution in [0, 0.1) is 0 Å². The SMILES string of the molecule is CC1(C)OB(c2ccc(-c3ccc4ccc5c(-c6cc(-c7ccccn7)cc(-c7ccccn7)c6)ccc6ccc3c4c65)cc2)OC1(C)C.CC1(C)OB(c2ccc(-c3ccc4ccc5c(-c6cccc(-c7ccncc7)n6)ccc6ccc3c4c65)cc2)OC1(C)C.CC1(C)OB(c2ccc(-c3ccc4ccc5c(-c6ccccn6)ccc6ccc3c4c65)cc2)OC1(C)C. The van der Waals surface area contributed by atoms with Gasteiger partial charge >= 0.3 is 21.4 Å². The Balaban J connectivity index is 0.000000115. The first kappa shape index (κ1) is 81.1. The average Bonchev–Trinajstić information content (AvgIpc) is 1.16. The number of hydrogen-bond acceptors (Lipinski definition) is 11. The first-order valence-electron chi connectivity index (χ1n) is 44.6. The molecule has 3 aliphatic rings. The van der Waals surface area contributed by atoms with Gasteiger partial charge in [0.15, 0.2) is 0 Å². The van der Waals surface area contributed by atoms with E-state index < -0.39 is 0 Å². The molecule has 0 saturated carbocycles. The molecule has 624 valence electrons. The molecule has 11 nitrogen and oxygen atoms in total. The summed E-state index contributed by atoms with van der Waals surface area (Å²) >= 11 is 0. The number of benzene rings is 16. The van der Waals surface area contributed by atoms with E-state index in [0.717, 1.165) is 72.7 Å². The molecule has 21 aromatic rings. The van der Waals surface area contributed by atoms with Crippen molar-refractivity contribution in [3.63, 3.8) is 0 Å². The number of rotatable bonds is 12. The maximum absolute atomic E-state index is 6.33. The lowest BCUT2D eigenvalue weighted by molar-refractivity contribution is 0.00578. The van der Waals surface area contributed by atoms with E-state index in [1.54, 1.807) is 0 Å². The predicted molar refractivity (Wildman–Crippen MR) is 535 cm³/mol. The zero-order valence-corrected chi connectivity index (χ0v) is 74.4. The van der Waals surface area contributed by atoms with E-state index in [4.69, 9.17) is 42.9 Å². The number of aromatic nitrogens is 5. The molecule has 24 rings (SSSR count). The van der Waals surface area contributed by atoms with Gasteiger partial charge in [-0.25, -0.2) is 4.98 Å². The van der Waals surface area contributed by atoms with Crippen LogP contribution in [-0.4, -0.2) is 79.9 Å². The van der Waals surface area contributed by atoms with Gasteiger partial charge in [-0.05, 0) is 320 Å². The highest BCUT2D eigenvalue weighted by molar-refractivity contribution is 6.63. The van der Waals surface area contributed by atoms with E-state index in [2.05, 4.69) is 366 Å². The van der Waals surface area contributed by atoms with Crippen LogP contribution < -0.4 is 16.4 Å². The maximum atomic E-state index is 6.33. The molecule has 0 amide bonds. The van der Waals surface area contributed by atoms with E-state index in [-0.39, 0.29) is 55.0 Å². The van der Waals surface area contributed by atoms with Gasteiger partial charge in [0, 0.05) is 58.8 Å². The second-order valence-corrected chi connectivity index (χ2v) is 37.7. The van der Waals surface area contributed by atoms with Crippen molar-refractivity contribution in [1.82, 2.24) is 24.9 Å². The van der Waals surface area contributed by atoms with Gasteiger partial charge < -0.3 is 27.9 Å². The van der Waals surface area contributed by atoms with E-state index in [1.807, 2.05) is 79.5 Å². The van der Waals surface area contributed by atoms with Crippen molar-refractivity contribution in [2.24, 2.45) is 0 Å². The summed E-state index contributed by atoms with van der Waals surface area (Å²) in [6.07, 6.45) is 9.17. The van der Waals surface area contributed by atoms with Gasteiger partial charge in [0.05, 0.1) is 62.1 Å². The smallest absolute Gasteiger partial charge is 0.399 e. The minimum absolute atomic E-state index is 0.351. The molecule has 3 aliphatic heterocycles. The quantitative estimate of drug-likeness (QED) is 0.0859. The van der Waals surface area contributed by atoms with Crippen molar-refractivity contribution in [1.29, 1.82) is 0 Å². The molecular formula is C115H94B3N5O6. The molecule has 16 aromatic carbocycles. The molecule has 0 bridgehead atoms. The topological polar surface area (TPSA) is 120 Å². The van der Waals surface area contributed by atoms with Gasteiger partial charge in [-0.2, -0.15) is 0 Å². The average molecular weight is 1670 g/mol. The summed E-state index contributed by atoms with van der Waals surface area (Å²) in [7, 11) is -1.11. The van der Waals surface area contributed by atoms with Crippen LogP contribution in [0.3, 0.4) is 0 Å². The Labute approximate surface area is 752 Å². The highest BCUT2D eigenvalue weighted by Gasteiger charge is 2.54. The number of nitrogens with zero attached hydrogens (tertiary/aromatic N) is 5. The summed E-state index contributed by atoms with van der Waals surface area (Å²) in [6, 6.07) is 115. The zero-order valence-electron chi connectivity index (χ0n) is 74.4. The first-order valence-corrected chi connectivity index (χ1v) is 44.6. The summed E-state index contributed by atoms with van der Waals surface area (Å²) in [5.74, 6) is 0. The van der Waals surface area contributed by atoms with Crippen molar-refractivity contribution in [3.05, 3.63) is 353 Å². The van der Waals surface area contributed by atoms with Gasteiger partial charge in [0.25, 0.3) is 0 Å². The molecule has 3 saturated heterocycles. The third-order valence-electron chi connectivity index (χ3n) is 28.3. The Kier molecular flexibility index (Phi) is 19.6. The molecule has 0 spiro atoms. The van der Waals surface area contributed by atoms with Crippen LogP contribution in [0.5, 0.6) is 0 Å². The lowest BCUT2D eigenvalue weighted by Crippen LogP contribution is -2.41. The maximum Gasteiger partial charge on any atom is 0.494 e. The van der Waals surface area contributed by atoms with Gasteiger partial charge in [0.2, 0.25) is 0 Å². The highest BCUT2D eigenvalue weighted by Crippen LogP contribution is 2.49. The third kappa shape index (κ3) is 14.2. The fraction of sp³-hybridized carbons (Fsp3) is 0.157. The van der Waals surface area contributed by atoms with Crippen LogP contribution in [0.4, 0.5) is 0 Å². The molecule has 5 aromatic heterocycles. The summed E-state index contributed by atoms with van der Waals surface area (Å²) in [5, 5.41) is 22.6. The Hall–Kier alpha value is -13.7. The molecule has 8 heterocycles. The molecular weight excluding hydrogens is 1580 g/mol. The minimum Gasteiger partial charge on any atom is -0.399 e. The van der Waals surface area contributed by atoms with E-state index in [9.17, 15) is 0 Å². The summed E-state index contributed by atoms with van der Waals surface area (Å²) < 4.78 is 37.8. The molecule has 3 fully saturated rings. The third-order valence-corrected chi connectivity index (χ3v) is 28.3. The minimum atomic E-state index is -0.381. The van der Waals surface area contributed by atoms with Gasteiger partial charge in [0.1, 0.15) is 0 Å². The number of pyridine rings is 5. The molecule has 0 atom stereocenters. The second kappa shape index (κ2) is 31.1. The lowest BCUT2D eigenvalue weighted by Gasteiger charge is -2.32. The van der Waals surface area contributed by atoms with Gasteiger partial charge in [-0.1, -0.05) is 243 Å². The van der Waals surface area contributed by atoms with Gasteiger partial charge in [-0.15, -0.1) is 0 Å². The van der Waals surface area contributed by atoms with E-state index in [0.29, 0.717) is 0 Å². The molecule has 0 aliphatic carbocycles. The van der Waals surface area contributed by atoms with Crippen LogP contribution in [0.1, 0.15) is 83.1 Å². The fourth-order valence-corrected chi connectivity index (χ4v) is 19.2. The highest BCUT2D eigenvalue weighted by atomic mass is 16.7. The van der Waals surface area contributed by atoms with Crippen molar-refractivity contribution < 1.29 is 27.9 Å². The van der Waals surface area contributed by atoms with Crippen molar-refractivity contribution in [3.8, 4) is 101 Å². The standard InChI is InChI=1S/C44H35BN2O2.C38H31BN2O2.C33H28BNO2/c1-43(2)44(3,4)49-45(48-43)34-17-11-28(12-18-34)35-19-13-29-16-22-38-36(20-14-30-15-21-37(35)41(29)42(30)38)31-25-32(39-9-5-7-23-46-39)27-33(26-31)40-10-6-8-24-47-40;1-37(2)38(3,4)43-39(42-37)28-14-8-24(9-15-28)29-16-10-26-13-19-32-30(17-11-27-12-18-31(29)35(26)36(27)32)34-7-5-6-33(41-34)25-20-22-40-23-21-25;1-32(2)33(3,4)37-34(36-32)24-14-8-21(9-15-24)25-16-10-22-13-19-28-26(29-7-5-6-20-35-29)17-11-23-12-18-27(25)30(22)31(23)28/h5-27H,1-4H3;5-23H,1-4H3;5-20H,1-4H3. The Morgan fingerprint density at radius 1 is 0.194 bits per heavy atom. The molecule has 129 heavy (non-hydrogen) atoms. The normalized spacial score (nSPS) is 16.0. The van der Waals surface area contributed by atoms with E-state index in [1.165, 1.54) is 141 Å². The molecule has 14 heteroatoms. The predicted octanol–water partition coefficient (Wildman–Crippen LogP) is 26.6. The largest absolute Gasteiger partial charge is 0.494 e. The Morgan fingerprint density at radius 3 is 0.760 bits per heavy atom. The summed E-state index contributed by atoms with van der Waals surface area (Å²) in [5.41, 5.74) is 20.7.